The predicted octanol–water partition coefficient (Wildman–Crippen LogP) is 4.02. The Hall–Kier alpha value is -2.58. The van der Waals surface area contributed by atoms with E-state index in [9.17, 15) is 17.9 Å². The average molecular weight is 418 g/mol. The zero-order valence-corrected chi connectivity index (χ0v) is 16.7. The van der Waals surface area contributed by atoms with Gasteiger partial charge < -0.3 is 10.2 Å². The summed E-state index contributed by atoms with van der Waals surface area (Å²) in [6, 6.07) is 21.1. The van der Waals surface area contributed by atoms with Crippen molar-refractivity contribution in [1.29, 1.82) is 0 Å². The highest BCUT2D eigenvalue weighted by Gasteiger charge is 2.21. The van der Waals surface area contributed by atoms with Crippen LogP contribution in [0.2, 0.25) is 0 Å². The van der Waals surface area contributed by atoms with Gasteiger partial charge in [0, 0.05) is 13.0 Å². The van der Waals surface area contributed by atoms with E-state index in [1.165, 1.54) is 24.3 Å². The Kier molecular flexibility index (Phi) is 7.64. The first-order valence-corrected chi connectivity index (χ1v) is 10.3. The molecule has 0 fully saturated rings. The fraction of sp³-hybridized carbons (Fsp3) is 0.182. The molecule has 5 nitrogen and oxygen atoms in total. The van der Waals surface area contributed by atoms with Crippen molar-refractivity contribution < 1.29 is 27.6 Å². The van der Waals surface area contributed by atoms with E-state index in [4.69, 9.17) is 9.66 Å². The molecule has 0 radical (unpaired) electrons. The number of hydrogen-bond donors (Lipinski definition) is 3. The smallest absolute Gasteiger partial charge is 0.294 e. The number of aliphatic hydroxyl groups is 2. The first kappa shape index (κ1) is 22.7. The SMILES string of the molecule is CC(O)(CCO)c1ccc(-c2ccc(F)cc2)cc1.O=S(=O)(O)c1ccccc1. The molecule has 1 unspecified atom stereocenters. The Bertz CT molecular complexity index is 999. The summed E-state index contributed by atoms with van der Waals surface area (Å²) in [5, 5.41) is 19.1. The van der Waals surface area contributed by atoms with Crippen molar-refractivity contribution in [3.8, 4) is 11.1 Å². The van der Waals surface area contributed by atoms with E-state index in [1.54, 1.807) is 37.3 Å². The Labute approximate surface area is 169 Å². The molecular weight excluding hydrogens is 395 g/mol. The maximum absolute atomic E-state index is 12.9. The highest BCUT2D eigenvalue weighted by Crippen LogP contribution is 2.27. The molecule has 7 heteroatoms. The summed E-state index contributed by atoms with van der Waals surface area (Å²) in [4.78, 5) is -0.0741. The molecule has 0 aromatic heterocycles. The van der Waals surface area contributed by atoms with E-state index in [1.807, 2.05) is 24.3 Å². The molecule has 0 saturated heterocycles. The van der Waals surface area contributed by atoms with Crippen LogP contribution in [0.1, 0.15) is 18.9 Å². The second kappa shape index (κ2) is 9.76. The zero-order valence-electron chi connectivity index (χ0n) is 15.9. The largest absolute Gasteiger partial charge is 0.396 e. The molecule has 0 aliphatic rings. The molecule has 0 aliphatic carbocycles. The lowest BCUT2D eigenvalue weighted by Crippen LogP contribution is -2.22. The van der Waals surface area contributed by atoms with E-state index in [-0.39, 0.29) is 17.3 Å². The molecule has 3 N–H and O–H groups in total. The van der Waals surface area contributed by atoms with E-state index in [0.717, 1.165) is 16.7 Å². The summed E-state index contributed by atoms with van der Waals surface area (Å²) >= 11 is 0. The van der Waals surface area contributed by atoms with Gasteiger partial charge in [-0.1, -0.05) is 54.6 Å². The van der Waals surface area contributed by atoms with Crippen LogP contribution in [0.15, 0.2) is 83.8 Å². The third-order valence-electron chi connectivity index (χ3n) is 4.32. The number of halogens is 1. The van der Waals surface area contributed by atoms with E-state index >= 15 is 0 Å². The Morgan fingerprint density at radius 2 is 1.34 bits per heavy atom. The Morgan fingerprint density at radius 1 is 0.862 bits per heavy atom. The molecule has 0 bridgehead atoms. The van der Waals surface area contributed by atoms with E-state index in [0.29, 0.717) is 6.42 Å². The molecule has 0 amide bonds. The number of hydrogen-bond acceptors (Lipinski definition) is 4. The van der Waals surface area contributed by atoms with Crippen LogP contribution in [0.25, 0.3) is 11.1 Å². The van der Waals surface area contributed by atoms with Crippen molar-refractivity contribution >= 4 is 10.1 Å². The monoisotopic (exact) mass is 418 g/mol. The normalized spacial score (nSPS) is 13.1. The van der Waals surface area contributed by atoms with Crippen molar-refractivity contribution in [3.05, 3.63) is 90.2 Å². The number of rotatable bonds is 5. The van der Waals surface area contributed by atoms with Crippen LogP contribution in [-0.4, -0.2) is 29.8 Å². The maximum atomic E-state index is 12.9. The first-order valence-electron chi connectivity index (χ1n) is 8.86. The van der Waals surface area contributed by atoms with Crippen LogP contribution in [0.5, 0.6) is 0 Å². The van der Waals surface area contributed by atoms with Crippen molar-refractivity contribution in [1.82, 2.24) is 0 Å². The molecule has 29 heavy (non-hydrogen) atoms. The van der Waals surface area contributed by atoms with Gasteiger partial charge in [-0.15, -0.1) is 0 Å². The minimum Gasteiger partial charge on any atom is -0.396 e. The van der Waals surface area contributed by atoms with Gasteiger partial charge in [0.15, 0.2) is 0 Å². The van der Waals surface area contributed by atoms with Crippen molar-refractivity contribution in [2.24, 2.45) is 0 Å². The fourth-order valence-corrected chi connectivity index (χ4v) is 3.12. The molecule has 3 aromatic carbocycles. The molecule has 0 aliphatic heterocycles. The summed E-state index contributed by atoms with van der Waals surface area (Å²) in [5.74, 6) is -0.258. The van der Waals surface area contributed by atoms with Crippen LogP contribution in [-0.2, 0) is 15.7 Å². The second-order valence-electron chi connectivity index (χ2n) is 6.62. The molecule has 0 heterocycles. The topological polar surface area (TPSA) is 94.8 Å². The van der Waals surface area contributed by atoms with Crippen molar-refractivity contribution in [3.63, 3.8) is 0 Å². The Balaban J connectivity index is 0.000000253. The summed E-state index contributed by atoms with van der Waals surface area (Å²) in [6.45, 7) is 1.61. The molecule has 154 valence electrons. The summed E-state index contributed by atoms with van der Waals surface area (Å²) in [5.41, 5.74) is 1.61. The molecule has 0 spiro atoms. The van der Waals surface area contributed by atoms with E-state index in [2.05, 4.69) is 0 Å². The van der Waals surface area contributed by atoms with Gasteiger partial charge in [-0.05, 0) is 47.9 Å². The molecular formula is C22H23FO5S. The van der Waals surface area contributed by atoms with Gasteiger partial charge in [0.05, 0.1) is 10.5 Å². The molecule has 0 saturated carbocycles. The fourth-order valence-electron chi connectivity index (χ4n) is 2.62. The molecule has 3 rings (SSSR count). The zero-order chi connectivity index (χ0) is 21.5. The van der Waals surface area contributed by atoms with Crippen LogP contribution >= 0.6 is 0 Å². The lowest BCUT2D eigenvalue weighted by molar-refractivity contribution is 0.0299. The summed E-state index contributed by atoms with van der Waals surface area (Å²) in [6.07, 6.45) is 0.295. The van der Waals surface area contributed by atoms with Gasteiger partial charge >= 0.3 is 0 Å². The minimum atomic E-state index is -4.00. The average Bonchev–Trinajstić information content (AvgIpc) is 2.69. The van der Waals surface area contributed by atoms with Crippen LogP contribution in [0.4, 0.5) is 4.39 Å². The quantitative estimate of drug-likeness (QED) is 0.544. The van der Waals surface area contributed by atoms with Gasteiger partial charge in [0.1, 0.15) is 5.82 Å². The number of benzene rings is 3. The Morgan fingerprint density at radius 3 is 1.76 bits per heavy atom. The second-order valence-corrected chi connectivity index (χ2v) is 8.04. The summed E-state index contributed by atoms with van der Waals surface area (Å²) in [7, 11) is -4.00. The first-order chi connectivity index (χ1) is 13.6. The third kappa shape index (κ3) is 6.76. The van der Waals surface area contributed by atoms with Gasteiger partial charge in [-0.25, -0.2) is 4.39 Å². The van der Waals surface area contributed by atoms with Gasteiger partial charge in [0.2, 0.25) is 0 Å². The maximum Gasteiger partial charge on any atom is 0.294 e. The van der Waals surface area contributed by atoms with E-state index < -0.39 is 15.7 Å². The molecule has 3 aromatic rings. The van der Waals surface area contributed by atoms with Crippen LogP contribution in [0.3, 0.4) is 0 Å². The highest BCUT2D eigenvalue weighted by atomic mass is 32.2. The standard InChI is InChI=1S/C16H17FO2.C6H6O3S/c1-16(19,10-11-18)14-6-2-12(3-7-14)13-4-8-15(17)9-5-13;7-10(8,9)6-4-2-1-3-5-6/h2-9,18-19H,10-11H2,1H3;1-5H,(H,7,8,9). The van der Waals surface area contributed by atoms with Crippen LogP contribution < -0.4 is 0 Å². The highest BCUT2D eigenvalue weighted by molar-refractivity contribution is 7.85. The van der Waals surface area contributed by atoms with Crippen molar-refractivity contribution in [2.45, 2.75) is 23.8 Å². The van der Waals surface area contributed by atoms with Gasteiger partial charge in [-0.2, -0.15) is 8.42 Å². The van der Waals surface area contributed by atoms with Gasteiger partial charge in [0.25, 0.3) is 10.1 Å². The van der Waals surface area contributed by atoms with Crippen molar-refractivity contribution in [2.75, 3.05) is 6.61 Å². The minimum absolute atomic E-state index is 0.0628. The third-order valence-corrected chi connectivity index (χ3v) is 5.19. The predicted molar refractivity (Wildman–Crippen MR) is 109 cm³/mol. The lowest BCUT2D eigenvalue weighted by atomic mass is 9.91. The lowest BCUT2D eigenvalue weighted by Gasteiger charge is -2.23. The summed E-state index contributed by atoms with van der Waals surface area (Å²) < 4.78 is 42.1. The number of aliphatic hydroxyl groups excluding tert-OH is 1. The molecule has 1 atom stereocenters. The van der Waals surface area contributed by atoms with Crippen LogP contribution in [0, 0.1) is 5.82 Å². The van der Waals surface area contributed by atoms with Gasteiger partial charge in [-0.3, -0.25) is 4.55 Å².